The highest BCUT2D eigenvalue weighted by Crippen LogP contribution is 2.29. The molecule has 10 nitrogen and oxygen atoms in total. The van der Waals surface area contributed by atoms with Gasteiger partial charge < -0.3 is 16.8 Å². The molecule has 0 aliphatic rings. The summed E-state index contributed by atoms with van der Waals surface area (Å²) in [7, 11) is 3.23. The highest BCUT2D eigenvalue weighted by atomic mass is 35.5. The molecule has 0 aliphatic heterocycles. The van der Waals surface area contributed by atoms with Crippen molar-refractivity contribution in [2.45, 2.75) is 37.8 Å². The molecule has 2 aromatic rings. The van der Waals surface area contributed by atoms with Gasteiger partial charge in [-0.1, -0.05) is 48.2 Å². The summed E-state index contributed by atoms with van der Waals surface area (Å²) in [6, 6.07) is 14.6. The Labute approximate surface area is 247 Å². The van der Waals surface area contributed by atoms with Gasteiger partial charge in [-0.05, 0) is 62.3 Å². The summed E-state index contributed by atoms with van der Waals surface area (Å²) in [6.07, 6.45) is 3.47. The van der Waals surface area contributed by atoms with E-state index >= 15 is 0 Å². The number of hydrogen-bond acceptors (Lipinski definition) is 6. The summed E-state index contributed by atoms with van der Waals surface area (Å²) in [5.41, 5.74) is 26.4. The number of aliphatic imine (C=N–C) groups is 2. The summed E-state index contributed by atoms with van der Waals surface area (Å²) in [5.74, 6) is -0.622. The molecule has 14 heteroatoms. The largest absolute Gasteiger partial charge is 0.370 e. The Morgan fingerprint density at radius 3 is 1.92 bits per heavy atom. The lowest BCUT2D eigenvalue weighted by atomic mass is 10.0. The topological polar surface area (TPSA) is 168 Å². The third kappa shape index (κ3) is 11.0. The van der Waals surface area contributed by atoms with Crippen LogP contribution in [0.5, 0.6) is 0 Å². The first-order chi connectivity index (χ1) is 17.2. The summed E-state index contributed by atoms with van der Waals surface area (Å²) in [5, 5.41) is 10.7. The normalized spacial score (nSPS) is 14.1. The van der Waals surface area contributed by atoms with Crippen LogP contribution in [0.2, 0.25) is 10.0 Å². The third-order valence-corrected chi connectivity index (χ3v) is 6.09. The number of nitrogens with two attached hydrogens (primary N) is 4. The van der Waals surface area contributed by atoms with Gasteiger partial charge in [0.25, 0.3) is 0 Å². The van der Waals surface area contributed by atoms with Gasteiger partial charge in [-0.3, -0.25) is 37.0 Å². The molecular formula is C24H40Cl4N10. The van der Waals surface area contributed by atoms with Gasteiger partial charge in [0.1, 0.15) is 6.29 Å². The Balaban J connectivity index is 0.00000684. The lowest BCUT2D eigenvalue weighted by Crippen LogP contribution is -2.66. The molecule has 0 radical (unpaired) electrons. The molecule has 38 heavy (non-hydrogen) atoms. The Bertz CT molecular complexity index is 989. The standard InChI is InChI=1S/C24H38Cl2N10.2ClH/c1-31-21(27)35-22(28)33-15-5-3-4-6-16-34-24(30,17-7-9-18(25)10-8-17)36(23(29)32-2)20-13-11-19(26)12-14-20;;/h7-14,22,33-34H,3-6,15-16,28,30H2,1-2H3,(H2,29,32)(H3,27,31,35);2*1H. The van der Waals surface area contributed by atoms with Gasteiger partial charge in [0.05, 0.1) is 0 Å². The van der Waals surface area contributed by atoms with Crippen LogP contribution >= 0.6 is 48.0 Å². The average Bonchev–Trinajstić information content (AvgIpc) is 2.87. The van der Waals surface area contributed by atoms with Gasteiger partial charge in [-0.15, -0.1) is 24.8 Å². The quantitative estimate of drug-likeness (QED) is 0.0787. The lowest BCUT2D eigenvalue weighted by Gasteiger charge is -2.42. The molecule has 2 atom stereocenters. The van der Waals surface area contributed by atoms with Gasteiger partial charge in [0.15, 0.2) is 17.7 Å². The highest BCUT2D eigenvalue weighted by Gasteiger charge is 2.37. The molecule has 0 bridgehead atoms. The summed E-state index contributed by atoms with van der Waals surface area (Å²) >= 11 is 12.2. The number of halogens is 4. The van der Waals surface area contributed by atoms with Crippen LogP contribution in [-0.2, 0) is 5.79 Å². The zero-order valence-corrected chi connectivity index (χ0v) is 24.8. The molecule has 0 aliphatic carbocycles. The van der Waals surface area contributed by atoms with Crippen molar-refractivity contribution in [1.29, 1.82) is 0 Å². The fraction of sp³-hybridized carbons (Fsp3) is 0.417. The monoisotopic (exact) mass is 608 g/mol. The molecule has 0 fully saturated rings. The number of unbranched alkanes of at least 4 members (excludes halogenated alkanes) is 3. The average molecular weight is 610 g/mol. The lowest BCUT2D eigenvalue weighted by molar-refractivity contribution is 0.350. The molecular weight excluding hydrogens is 570 g/mol. The van der Waals surface area contributed by atoms with Crippen LogP contribution in [0.1, 0.15) is 31.2 Å². The van der Waals surface area contributed by atoms with Crippen LogP contribution < -0.4 is 43.8 Å². The maximum atomic E-state index is 7.03. The second kappa shape index (κ2) is 18.3. The van der Waals surface area contributed by atoms with Crippen molar-refractivity contribution in [3.8, 4) is 0 Å². The van der Waals surface area contributed by atoms with Crippen LogP contribution in [0.15, 0.2) is 58.5 Å². The number of rotatable bonds is 13. The summed E-state index contributed by atoms with van der Waals surface area (Å²) < 4.78 is 0. The smallest absolute Gasteiger partial charge is 0.198 e. The Kier molecular flexibility index (Phi) is 17.3. The minimum Gasteiger partial charge on any atom is -0.370 e. The number of nitrogens with zero attached hydrogens (tertiary/aromatic N) is 3. The van der Waals surface area contributed by atoms with E-state index in [1.54, 1.807) is 43.3 Å². The van der Waals surface area contributed by atoms with E-state index in [1.807, 2.05) is 24.3 Å². The van der Waals surface area contributed by atoms with Gasteiger partial charge in [0, 0.05) is 35.4 Å². The summed E-state index contributed by atoms with van der Waals surface area (Å²) in [6.45, 7) is 1.41. The van der Waals surface area contributed by atoms with Gasteiger partial charge in [0.2, 0.25) is 0 Å². The Morgan fingerprint density at radius 1 is 0.868 bits per heavy atom. The first-order valence-corrected chi connectivity index (χ1v) is 12.5. The summed E-state index contributed by atoms with van der Waals surface area (Å²) in [4.78, 5) is 9.80. The predicted molar refractivity (Wildman–Crippen MR) is 166 cm³/mol. The first-order valence-electron chi connectivity index (χ1n) is 11.8. The zero-order valence-electron chi connectivity index (χ0n) is 21.7. The zero-order chi connectivity index (χ0) is 26.6. The van der Waals surface area contributed by atoms with E-state index in [0.717, 1.165) is 43.5 Å². The fourth-order valence-electron chi connectivity index (χ4n) is 3.64. The molecule has 0 amide bonds. The number of hydrogen-bond donors (Lipinski definition) is 7. The molecule has 0 spiro atoms. The highest BCUT2D eigenvalue weighted by molar-refractivity contribution is 6.30. The van der Waals surface area contributed by atoms with Crippen molar-refractivity contribution in [3.63, 3.8) is 0 Å². The molecule has 0 saturated heterocycles. The molecule has 11 N–H and O–H groups in total. The van der Waals surface area contributed by atoms with Crippen LogP contribution in [0.25, 0.3) is 0 Å². The Morgan fingerprint density at radius 2 is 1.39 bits per heavy atom. The van der Waals surface area contributed by atoms with E-state index in [0.29, 0.717) is 22.5 Å². The maximum Gasteiger partial charge on any atom is 0.198 e. The van der Waals surface area contributed by atoms with Gasteiger partial charge >= 0.3 is 0 Å². The van der Waals surface area contributed by atoms with Crippen molar-refractivity contribution in [2.24, 2.45) is 32.9 Å². The molecule has 2 unspecified atom stereocenters. The molecule has 0 saturated carbocycles. The van der Waals surface area contributed by atoms with Crippen molar-refractivity contribution < 1.29 is 0 Å². The first kappa shape index (κ1) is 36.0. The fourth-order valence-corrected chi connectivity index (χ4v) is 3.89. The number of guanidine groups is 2. The second-order valence-corrected chi connectivity index (χ2v) is 9.07. The molecule has 0 aromatic heterocycles. The van der Waals surface area contributed by atoms with Crippen molar-refractivity contribution in [2.75, 3.05) is 32.1 Å². The molecule has 2 aromatic carbocycles. The van der Waals surface area contributed by atoms with Gasteiger partial charge in [-0.25, -0.2) is 0 Å². The predicted octanol–water partition coefficient (Wildman–Crippen LogP) is 2.87. The van der Waals surface area contributed by atoms with Crippen molar-refractivity contribution in [1.82, 2.24) is 16.0 Å². The van der Waals surface area contributed by atoms with E-state index < -0.39 is 12.1 Å². The van der Waals surface area contributed by atoms with E-state index in [4.69, 9.17) is 46.1 Å². The van der Waals surface area contributed by atoms with Crippen LogP contribution in [0.4, 0.5) is 5.69 Å². The Hall–Kier alpha value is -2.02. The van der Waals surface area contributed by atoms with E-state index in [9.17, 15) is 0 Å². The maximum absolute atomic E-state index is 7.03. The van der Waals surface area contributed by atoms with E-state index in [-0.39, 0.29) is 30.8 Å². The van der Waals surface area contributed by atoms with Crippen LogP contribution in [0, 0.1) is 0 Å². The number of nitrogens with one attached hydrogen (secondary N) is 3. The van der Waals surface area contributed by atoms with E-state index in [1.165, 1.54) is 0 Å². The van der Waals surface area contributed by atoms with Crippen LogP contribution in [0.3, 0.4) is 0 Å². The van der Waals surface area contributed by atoms with Crippen LogP contribution in [-0.4, -0.2) is 45.4 Å². The molecule has 214 valence electrons. The van der Waals surface area contributed by atoms with E-state index in [2.05, 4.69) is 25.9 Å². The molecule has 2 rings (SSSR count). The minimum atomic E-state index is -1.18. The second-order valence-electron chi connectivity index (χ2n) is 8.19. The van der Waals surface area contributed by atoms with Gasteiger partial charge in [-0.2, -0.15) is 0 Å². The minimum absolute atomic E-state index is 0. The molecule has 0 heterocycles. The van der Waals surface area contributed by atoms with Crippen molar-refractivity contribution in [3.05, 3.63) is 64.1 Å². The third-order valence-electron chi connectivity index (χ3n) is 5.59. The van der Waals surface area contributed by atoms with Crippen molar-refractivity contribution >= 4 is 65.6 Å². The number of benzene rings is 2. The number of anilines is 1. The SMILES string of the molecule is CN=C(N)NC(N)NCCCCCCNC(N)(c1ccc(Cl)cc1)N(C(N)=NC)c1ccc(Cl)cc1.Cl.Cl.